The molecule has 106 valence electrons. The van der Waals surface area contributed by atoms with Crippen LogP contribution < -0.4 is 5.32 Å². The lowest BCUT2D eigenvalue weighted by molar-refractivity contribution is -0.202. The van der Waals surface area contributed by atoms with Gasteiger partial charge in [0, 0.05) is 12.6 Å². The topological polar surface area (TPSA) is 32.3 Å². The third-order valence-corrected chi connectivity index (χ3v) is 3.73. The summed E-state index contributed by atoms with van der Waals surface area (Å²) in [6.07, 6.45) is -5.13. The van der Waals surface area contributed by atoms with E-state index < -0.39 is 18.8 Å². The molecule has 2 nitrogen and oxygen atoms in total. The smallest absolute Gasteiger partial charge is 0.382 e. The number of aliphatic hydroxyl groups is 1. The monoisotopic (exact) mass is 273 g/mol. The van der Waals surface area contributed by atoms with Gasteiger partial charge in [0.2, 0.25) is 0 Å². The molecule has 0 aromatic heterocycles. The number of aliphatic hydroxyl groups excluding tert-OH is 1. The first-order valence-electron chi connectivity index (χ1n) is 6.46. The minimum atomic E-state index is -4.56. The third-order valence-electron chi connectivity index (χ3n) is 3.73. The van der Waals surface area contributed by atoms with E-state index in [1.54, 1.807) is 0 Å². The minimum absolute atomic E-state index is 0.107. The van der Waals surface area contributed by atoms with E-state index >= 15 is 0 Å². The van der Waals surface area contributed by atoms with Gasteiger partial charge in [0.1, 0.15) is 0 Å². The molecule has 0 saturated carbocycles. The molecule has 3 atom stereocenters. The number of hydrogen-bond donors (Lipinski definition) is 2. The van der Waals surface area contributed by atoms with E-state index in [0.717, 1.165) is 18.4 Å². The molecular formula is C14H18F3NO. The van der Waals surface area contributed by atoms with E-state index in [-0.39, 0.29) is 6.04 Å². The van der Waals surface area contributed by atoms with Gasteiger partial charge in [0.25, 0.3) is 0 Å². The lowest BCUT2D eigenvalue weighted by Gasteiger charge is -2.31. The average molecular weight is 273 g/mol. The summed E-state index contributed by atoms with van der Waals surface area (Å²) in [4.78, 5) is 0. The van der Waals surface area contributed by atoms with E-state index in [9.17, 15) is 13.2 Å². The second-order valence-electron chi connectivity index (χ2n) is 5.13. The maximum absolute atomic E-state index is 12.3. The molecule has 0 saturated heterocycles. The molecule has 0 amide bonds. The molecule has 2 N–H and O–H groups in total. The van der Waals surface area contributed by atoms with Crippen LogP contribution in [-0.4, -0.2) is 23.9 Å². The van der Waals surface area contributed by atoms with Crippen LogP contribution in [0.25, 0.3) is 0 Å². The zero-order valence-electron chi connectivity index (χ0n) is 10.7. The predicted octanol–water partition coefficient (Wildman–Crippen LogP) is 3.14. The standard InChI is InChI=1S/C14H18F3NO/c1-9-6-7-12(11-5-3-2-4-10(9)11)18-8-13(19)14(15,16)17/h2-5,9,12-13,18-19H,6-8H2,1H3. The van der Waals surface area contributed by atoms with Crippen LogP contribution in [0.4, 0.5) is 13.2 Å². The summed E-state index contributed by atoms with van der Waals surface area (Å²) in [5.74, 6) is 0.432. The molecule has 0 fully saturated rings. The van der Waals surface area contributed by atoms with Gasteiger partial charge in [-0.3, -0.25) is 0 Å². The zero-order chi connectivity index (χ0) is 14.0. The van der Waals surface area contributed by atoms with Crippen molar-refractivity contribution in [3.63, 3.8) is 0 Å². The van der Waals surface area contributed by atoms with Gasteiger partial charge in [-0.15, -0.1) is 0 Å². The summed E-state index contributed by atoms with van der Waals surface area (Å²) in [6.45, 7) is 1.66. The van der Waals surface area contributed by atoms with Crippen molar-refractivity contribution in [3.05, 3.63) is 35.4 Å². The Balaban J connectivity index is 2.05. The van der Waals surface area contributed by atoms with Crippen molar-refractivity contribution in [2.75, 3.05) is 6.54 Å². The van der Waals surface area contributed by atoms with Crippen molar-refractivity contribution >= 4 is 0 Å². The molecule has 5 heteroatoms. The first-order valence-corrected chi connectivity index (χ1v) is 6.46. The molecule has 1 aromatic rings. The molecule has 0 aliphatic heterocycles. The van der Waals surface area contributed by atoms with Crippen LogP contribution >= 0.6 is 0 Å². The molecule has 0 heterocycles. The molecule has 0 bridgehead atoms. The summed E-state index contributed by atoms with van der Waals surface area (Å²) in [5, 5.41) is 11.9. The van der Waals surface area contributed by atoms with Gasteiger partial charge < -0.3 is 10.4 Å². The molecule has 1 aliphatic rings. The van der Waals surface area contributed by atoms with Crippen LogP contribution in [0.3, 0.4) is 0 Å². The average Bonchev–Trinajstić information content (AvgIpc) is 2.37. The van der Waals surface area contributed by atoms with Crippen molar-refractivity contribution in [2.24, 2.45) is 0 Å². The van der Waals surface area contributed by atoms with Gasteiger partial charge in [-0.1, -0.05) is 31.2 Å². The normalized spacial score (nSPS) is 24.9. The Morgan fingerprint density at radius 3 is 2.53 bits per heavy atom. The summed E-state index contributed by atoms with van der Waals surface area (Å²) < 4.78 is 36.8. The number of hydrogen-bond acceptors (Lipinski definition) is 2. The number of fused-ring (bicyclic) bond motifs is 1. The Hall–Kier alpha value is -1.07. The second kappa shape index (κ2) is 5.51. The molecule has 0 spiro atoms. The summed E-state index contributed by atoms with van der Waals surface area (Å²) in [6, 6.07) is 7.70. The van der Waals surface area contributed by atoms with Gasteiger partial charge in [-0.25, -0.2) is 0 Å². The van der Waals surface area contributed by atoms with Crippen LogP contribution in [0, 0.1) is 0 Å². The maximum Gasteiger partial charge on any atom is 0.415 e. The number of benzene rings is 1. The second-order valence-corrected chi connectivity index (χ2v) is 5.13. The van der Waals surface area contributed by atoms with Crippen LogP contribution in [0.5, 0.6) is 0 Å². The van der Waals surface area contributed by atoms with Crippen LogP contribution in [-0.2, 0) is 0 Å². The lowest BCUT2D eigenvalue weighted by Crippen LogP contribution is -2.40. The first-order chi connectivity index (χ1) is 8.89. The van der Waals surface area contributed by atoms with E-state index in [2.05, 4.69) is 12.2 Å². The van der Waals surface area contributed by atoms with E-state index in [1.165, 1.54) is 5.56 Å². The highest BCUT2D eigenvalue weighted by molar-refractivity contribution is 5.34. The minimum Gasteiger partial charge on any atom is -0.382 e. The van der Waals surface area contributed by atoms with E-state index in [0.29, 0.717) is 5.92 Å². The fraction of sp³-hybridized carbons (Fsp3) is 0.571. The Kier molecular flexibility index (Phi) is 4.16. The molecule has 19 heavy (non-hydrogen) atoms. The number of alkyl halides is 3. The van der Waals surface area contributed by atoms with Crippen LogP contribution in [0.15, 0.2) is 24.3 Å². The Bertz CT molecular complexity index is 433. The number of rotatable bonds is 3. The molecule has 1 aromatic carbocycles. The fourth-order valence-electron chi connectivity index (χ4n) is 2.59. The van der Waals surface area contributed by atoms with Gasteiger partial charge >= 0.3 is 6.18 Å². The Labute approximate surface area is 110 Å². The predicted molar refractivity (Wildman–Crippen MR) is 66.9 cm³/mol. The lowest BCUT2D eigenvalue weighted by atomic mass is 9.81. The highest BCUT2D eigenvalue weighted by Gasteiger charge is 2.38. The Morgan fingerprint density at radius 1 is 1.26 bits per heavy atom. The summed E-state index contributed by atoms with van der Waals surface area (Å²) >= 11 is 0. The maximum atomic E-state index is 12.3. The SMILES string of the molecule is CC1CCC(NCC(O)C(F)(F)F)c2ccccc21. The molecule has 1 aliphatic carbocycles. The highest BCUT2D eigenvalue weighted by atomic mass is 19.4. The number of halogens is 3. The molecular weight excluding hydrogens is 255 g/mol. The zero-order valence-corrected chi connectivity index (χ0v) is 10.7. The van der Waals surface area contributed by atoms with Gasteiger partial charge in [0.05, 0.1) is 0 Å². The molecule has 0 radical (unpaired) electrons. The van der Waals surface area contributed by atoms with E-state index in [1.807, 2.05) is 24.3 Å². The van der Waals surface area contributed by atoms with Gasteiger partial charge in [0.15, 0.2) is 6.10 Å². The Morgan fingerprint density at radius 2 is 1.89 bits per heavy atom. The molecule has 3 unspecified atom stereocenters. The summed E-state index contributed by atoms with van der Waals surface area (Å²) in [7, 11) is 0. The summed E-state index contributed by atoms with van der Waals surface area (Å²) in [5.41, 5.74) is 2.24. The quantitative estimate of drug-likeness (QED) is 0.886. The van der Waals surface area contributed by atoms with Gasteiger partial charge in [-0.2, -0.15) is 13.2 Å². The van der Waals surface area contributed by atoms with Crippen LogP contribution in [0.2, 0.25) is 0 Å². The third kappa shape index (κ3) is 3.28. The van der Waals surface area contributed by atoms with E-state index in [4.69, 9.17) is 5.11 Å². The number of nitrogens with one attached hydrogen (secondary N) is 1. The fourth-order valence-corrected chi connectivity index (χ4v) is 2.59. The highest BCUT2D eigenvalue weighted by Crippen LogP contribution is 2.37. The van der Waals surface area contributed by atoms with Crippen molar-refractivity contribution < 1.29 is 18.3 Å². The van der Waals surface area contributed by atoms with Crippen LogP contribution in [0.1, 0.15) is 42.9 Å². The van der Waals surface area contributed by atoms with Crippen molar-refractivity contribution in [1.29, 1.82) is 0 Å². The first kappa shape index (κ1) is 14.3. The molecule has 2 rings (SSSR count). The largest absolute Gasteiger partial charge is 0.415 e. The van der Waals surface area contributed by atoms with Crippen molar-refractivity contribution in [2.45, 2.75) is 44.0 Å². The van der Waals surface area contributed by atoms with Gasteiger partial charge in [-0.05, 0) is 29.9 Å². The van der Waals surface area contributed by atoms with Crippen molar-refractivity contribution in [3.8, 4) is 0 Å². The van der Waals surface area contributed by atoms with Crippen molar-refractivity contribution in [1.82, 2.24) is 5.32 Å².